The first kappa shape index (κ1) is 9.72. The van der Waals surface area contributed by atoms with E-state index in [1.165, 1.54) is 0 Å². The molecule has 0 N–H and O–H groups in total. The smallest absolute Gasteiger partial charge is 0.163 e. The van der Waals surface area contributed by atoms with Gasteiger partial charge in [-0.15, -0.1) is 0 Å². The summed E-state index contributed by atoms with van der Waals surface area (Å²) in [5.41, 5.74) is 3.20. The van der Waals surface area contributed by atoms with Crippen LogP contribution in [0, 0.1) is 0 Å². The molecule has 1 nitrogen and oxygen atoms in total. The minimum Gasteiger partial charge on any atom is -0.294 e. The number of benzene rings is 1. The number of fused-ring (bicyclic) bond motifs is 1. The van der Waals surface area contributed by atoms with Gasteiger partial charge in [-0.2, -0.15) is 0 Å². The minimum absolute atomic E-state index is 0.291. The molecular formula is C12H13ClO. The molecule has 0 aliphatic heterocycles. The lowest BCUT2D eigenvalue weighted by Gasteiger charge is -2.18. The number of hydrogen-bond donors (Lipinski definition) is 0. The summed E-state index contributed by atoms with van der Waals surface area (Å²) < 4.78 is 0. The van der Waals surface area contributed by atoms with Crippen molar-refractivity contribution >= 4 is 17.4 Å². The highest BCUT2D eigenvalue weighted by molar-refractivity contribution is 6.31. The molecule has 0 unspecified atom stereocenters. The van der Waals surface area contributed by atoms with Crippen molar-refractivity contribution in [1.82, 2.24) is 0 Å². The number of Topliss-reactive ketones (excluding diaryl/α,β-unsaturated/α-hetero) is 1. The van der Waals surface area contributed by atoms with Crippen LogP contribution in [-0.4, -0.2) is 5.78 Å². The van der Waals surface area contributed by atoms with Gasteiger partial charge in [0.05, 0.1) is 0 Å². The normalized spacial score (nSPS) is 15.4. The van der Waals surface area contributed by atoms with Gasteiger partial charge in [-0.05, 0) is 42.5 Å². The third-order valence-corrected chi connectivity index (χ3v) is 2.99. The van der Waals surface area contributed by atoms with E-state index in [9.17, 15) is 4.79 Å². The van der Waals surface area contributed by atoms with Crippen molar-refractivity contribution in [3.05, 3.63) is 33.8 Å². The van der Waals surface area contributed by atoms with Crippen molar-refractivity contribution < 1.29 is 4.79 Å². The molecule has 0 saturated heterocycles. The number of carbonyl (C=O) groups is 1. The molecule has 0 spiro atoms. The monoisotopic (exact) mass is 208 g/mol. The third-order valence-electron chi connectivity index (χ3n) is 2.78. The average molecular weight is 209 g/mol. The number of aryl methyl sites for hydroxylation is 2. The fourth-order valence-corrected chi connectivity index (χ4v) is 2.39. The van der Waals surface area contributed by atoms with Gasteiger partial charge in [0, 0.05) is 17.0 Å². The van der Waals surface area contributed by atoms with Crippen molar-refractivity contribution in [3.8, 4) is 0 Å². The van der Waals surface area contributed by atoms with E-state index in [4.69, 9.17) is 11.6 Å². The van der Waals surface area contributed by atoms with Crippen molar-refractivity contribution in [2.75, 3.05) is 0 Å². The lowest BCUT2D eigenvalue weighted by molar-refractivity contribution is 0.0971. The van der Waals surface area contributed by atoms with Crippen LogP contribution in [0.5, 0.6) is 0 Å². The van der Waals surface area contributed by atoms with Crippen LogP contribution in [0.25, 0.3) is 0 Å². The molecular weight excluding hydrogens is 196 g/mol. The summed E-state index contributed by atoms with van der Waals surface area (Å²) in [6.45, 7) is 2.06. The fraction of sp³-hybridized carbons (Fsp3) is 0.417. The predicted molar refractivity (Wildman–Crippen MR) is 58.1 cm³/mol. The zero-order valence-electron chi connectivity index (χ0n) is 8.27. The Kier molecular flexibility index (Phi) is 2.60. The van der Waals surface area contributed by atoms with E-state index in [0.717, 1.165) is 41.0 Å². The summed E-state index contributed by atoms with van der Waals surface area (Å²) in [4.78, 5) is 11.7. The number of carbonyl (C=O) groups excluding carboxylic acids is 1. The van der Waals surface area contributed by atoms with Gasteiger partial charge in [0.1, 0.15) is 0 Å². The highest BCUT2D eigenvalue weighted by atomic mass is 35.5. The predicted octanol–water partition coefficient (Wildman–Crippen LogP) is 3.42. The fourth-order valence-electron chi connectivity index (χ4n) is 2.12. The second kappa shape index (κ2) is 3.74. The summed E-state index contributed by atoms with van der Waals surface area (Å²) in [6.07, 6.45) is 3.54. The van der Waals surface area contributed by atoms with E-state index in [1.54, 1.807) is 0 Å². The van der Waals surface area contributed by atoms with Crippen LogP contribution < -0.4 is 0 Å². The Hall–Kier alpha value is -0.820. The molecule has 1 aromatic rings. The van der Waals surface area contributed by atoms with Crippen LogP contribution in [-0.2, 0) is 12.8 Å². The Morgan fingerprint density at radius 3 is 2.86 bits per heavy atom. The SMILES string of the molecule is CCc1cc(Cl)cc2c1C(=O)CCC2. The molecule has 2 heteroatoms. The van der Waals surface area contributed by atoms with Gasteiger partial charge in [-0.25, -0.2) is 0 Å². The molecule has 2 rings (SSSR count). The molecule has 1 aliphatic carbocycles. The van der Waals surface area contributed by atoms with Gasteiger partial charge in [0.25, 0.3) is 0 Å². The van der Waals surface area contributed by atoms with Crippen LogP contribution in [0.1, 0.15) is 41.3 Å². The van der Waals surface area contributed by atoms with E-state index in [1.807, 2.05) is 12.1 Å². The van der Waals surface area contributed by atoms with E-state index in [2.05, 4.69) is 6.92 Å². The van der Waals surface area contributed by atoms with Crippen LogP contribution in [0.15, 0.2) is 12.1 Å². The van der Waals surface area contributed by atoms with E-state index >= 15 is 0 Å². The van der Waals surface area contributed by atoms with E-state index in [0.29, 0.717) is 12.2 Å². The zero-order chi connectivity index (χ0) is 10.1. The standard InChI is InChI=1S/C12H13ClO/c1-2-8-6-10(13)7-9-4-3-5-11(14)12(8)9/h6-7H,2-5H2,1H3. The van der Waals surface area contributed by atoms with Gasteiger partial charge in [0.2, 0.25) is 0 Å². The Bertz CT molecular complexity index is 365. The zero-order valence-corrected chi connectivity index (χ0v) is 9.03. The maximum absolute atomic E-state index is 11.7. The van der Waals surface area contributed by atoms with Crippen molar-refractivity contribution in [1.29, 1.82) is 0 Å². The Morgan fingerprint density at radius 2 is 2.14 bits per heavy atom. The number of ketones is 1. The maximum atomic E-state index is 11.7. The van der Waals surface area contributed by atoms with E-state index in [-0.39, 0.29) is 0 Å². The largest absolute Gasteiger partial charge is 0.294 e. The lowest BCUT2D eigenvalue weighted by atomic mass is 9.86. The van der Waals surface area contributed by atoms with Crippen LogP contribution >= 0.6 is 11.6 Å². The quantitative estimate of drug-likeness (QED) is 0.691. The molecule has 0 fully saturated rings. The van der Waals surface area contributed by atoms with Crippen molar-refractivity contribution in [2.24, 2.45) is 0 Å². The second-order valence-electron chi connectivity index (χ2n) is 3.73. The molecule has 0 bridgehead atoms. The number of hydrogen-bond acceptors (Lipinski definition) is 1. The van der Waals surface area contributed by atoms with Crippen LogP contribution in [0.4, 0.5) is 0 Å². The highest BCUT2D eigenvalue weighted by Gasteiger charge is 2.20. The van der Waals surface area contributed by atoms with Gasteiger partial charge in [-0.1, -0.05) is 18.5 Å². The Morgan fingerprint density at radius 1 is 1.36 bits per heavy atom. The highest BCUT2D eigenvalue weighted by Crippen LogP contribution is 2.28. The third kappa shape index (κ3) is 1.57. The van der Waals surface area contributed by atoms with Crippen molar-refractivity contribution in [3.63, 3.8) is 0 Å². The summed E-state index contributed by atoms with van der Waals surface area (Å²) in [5.74, 6) is 0.291. The Labute approximate surface area is 89.1 Å². The maximum Gasteiger partial charge on any atom is 0.163 e. The molecule has 14 heavy (non-hydrogen) atoms. The van der Waals surface area contributed by atoms with Crippen molar-refractivity contribution in [2.45, 2.75) is 32.6 Å². The first-order valence-corrected chi connectivity index (χ1v) is 5.44. The molecule has 74 valence electrons. The second-order valence-corrected chi connectivity index (χ2v) is 4.17. The summed E-state index contributed by atoms with van der Waals surface area (Å²) >= 11 is 6.00. The molecule has 0 atom stereocenters. The number of halogens is 1. The summed E-state index contributed by atoms with van der Waals surface area (Å²) in [6, 6.07) is 3.86. The molecule has 0 saturated carbocycles. The molecule has 0 amide bonds. The summed E-state index contributed by atoms with van der Waals surface area (Å²) in [5, 5.41) is 0.760. The average Bonchev–Trinajstić information content (AvgIpc) is 2.16. The first-order chi connectivity index (χ1) is 6.72. The molecule has 1 aliphatic rings. The van der Waals surface area contributed by atoms with Crippen LogP contribution in [0.2, 0.25) is 5.02 Å². The topological polar surface area (TPSA) is 17.1 Å². The van der Waals surface area contributed by atoms with Crippen LogP contribution in [0.3, 0.4) is 0 Å². The van der Waals surface area contributed by atoms with Gasteiger partial charge in [0.15, 0.2) is 5.78 Å². The lowest BCUT2D eigenvalue weighted by Crippen LogP contribution is -2.13. The molecule has 0 aromatic heterocycles. The molecule has 1 aromatic carbocycles. The molecule has 0 heterocycles. The van der Waals surface area contributed by atoms with Gasteiger partial charge in [-0.3, -0.25) is 4.79 Å². The first-order valence-electron chi connectivity index (χ1n) is 5.07. The van der Waals surface area contributed by atoms with E-state index < -0.39 is 0 Å². The number of rotatable bonds is 1. The Balaban J connectivity index is 2.61. The minimum atomic E-state index is 0.291. The molecule has 0 radical (unpaired) electrons. The van der Waals surface area contributed by atoms with Gasteiger partial charge < -0.3 is 0 Å². The van der Waals surface area contributed by atoms with Gasteiger partial charge >= 0.3 is 0 Å². The summed E-state index contributed by atoms with van der Waals surface area (Å²) in [7, 11) is 0.